The van der Waals surface area contributed by atoms with E-state index in [0.717, 1.165) is 0 Å². The van der Waals surface area contributed by atoms with Crippen LogP contribution in [-0.4, -0.2) is 26.9 Å². The Morgan fingerprint density at radius 2 is 1.29 bits per heavy atom. The largest absolute Gasteiger partial charge is 0.476 e. The van der Waals surface area contributed by atoms with Gasteiger partial charge in [0.15, 0.2) is 0 Å². The molecule has 11 heteroatoms. The minimum Gasteiger partial charge on any atom is -0.476 e. The molecule has 0 aromatic rings. The number of aliphatic carboxylic acids is 1. The Morgan fingerprint density at radius 1 is 0.941 bits per heavy atom. The molecule has 0 bridgehead atoms. The lowest BCUT2D eigenvalue weighted by atomic mass is 10.2. The maximum atomic E-state index is 12.5. The van der Waals surface area contributed by atoms with Crippen LogP contribution in [0.2, 0.25) is 0 Å². The lowest BCUT2D eigenvalue weighted by Gasteiger charge is -2.21. The van der Waals surface area contributed by atoms with Gasteiger partial charge in [-0.3, -0.25) is 0 Å². The van der Waals surface area contributed by atoms with Crippen molar-refractivity contribution in [3.8, 4) is 0 Å². The number of halogens is 9. The maximum absolute atomic E-state index is 12.5. The normalized spacial score (nSPS) is 15.6. The van der Waals surface area contributed by atoms with Crippen LogP contribution in [0.5, 0.6) is 0 Å². The Kier molecular flexibility index (Phi) is 4.40. The third-order valence-electron chi connectivity index (χ3n) is 1.37. The smallest absolute Gasteiger partial charge is 0.396 e. The fourth-order valence-electron chi connectivity index (χ4n) is 0.494. The molecule has 0 radical (unpaired) electrons. The highest BCUT2D eigenvalue weighted by atomic mass is 127. The number of carboxylic acids is 1. The van der Waals surface area contributed by atoms with Gasteiger partial charge in [0.05, 0.1) is 0 Å². The minimum absolute atomic E-state index is 0.303. The fourth-order valence-corrected chi connectivity index (χ4v) is 0.731. The van der Waals surface area contributed by atoms with Gasteiger partial charge in [0, 0.05) is 22.6 Å². The third-order valence-corrected chi connectivity index (χ3v) is 2.05. The molecule has 0 aliphatic carbocycles. The van der Waals surface area contributed by atoms with E-state index in [1.165, 1.54) is 0 Å². The standard InChI is InChI=1S/C6HF8IO2/c7-1(4(9,10)3(16)17)2(8)5(11,12)6(13,14)15/h(H,16,17). The Bertz CT molecular complexity index is 358. The van der Waals surface area contributed by atoms with Gasteiger partial charge < -0.3 is 5.11 Å². The Labute approximate surface area is 101 Å². The number of carbonyl (C=O) groups is 1. The molecule has 0 amide bonds. The molecular formula is C6HF8IO2. The molecule has 0 rings (SSSR count). The first kappa shape index (κ1) is 16.4. The summed E-state index contributed by atoms with van der Waals surface area (Å²) in [6.45, 7) is 0. The van der Waals surface area contributed by atoms with Gasteiger partial charge in [-0.25, -0.2) is 13.6 Å². The second-order valence-electron chi connectivity index (χ2n) is 2.58. The summed E-state index contributed by atoms with van der Waals surface area (Å²) in [5, 5.41) is 7.70. The molecule has 0 aliphatic rings. The van der Waals surface area contributed by atoms with Crippen molar-refractivity contribution in [2.75, 3.05) is 0 Å². The Morgan fingerprint density at radius 3 is 1.53 bits per heavy atom. The summed E-state index contributed by atoms with van der Waals surface area (Å²) in [7, 11) is 0. The summed E-state index contributed by atoms with van der Waals surface area (Å²) in [6.07, 6.45) is 0. The number of hydrogen-bond donors (Lipinski definition) is 1. The van der Waals surface area contributed by atoms with Gasteiger partial charge in [0.25, 0.3) is 0 Å². The predicted octanol–water partition coefficient (Wildman–Crippen LogP) is 3.52. The summed E-state index contributed by atoms with van der Waals surface area (Å²) in [5.74, 6) is -22.4. The van der Waals surface area contributed by atoms with Crippen molar-refractivity contribution in [3.05, 3.63) is 11.7 Å². The van der Waals surface area contributed by atoms with Crippen LogP contribution in [-0.2, 0) is 4.79 Å². The molecule has 0 aromatic carbocycles. The van der Waals surface area contributed by atoms with E-state index in [1.807, 2.05) is 0 Å². The van der Waals surface area contributed by atoms with Crippen molar-refractivity contribution in [3.63, 3.8) is 0 Å². The molecule has 0 aromatic heterocycles. The lowest BCUT2D eigenvalue weighted by Crippen LogP contribution is -2.39. The molecule has 0 spiro atoms. The average Bonchev–Trinajstić information content (AvgIpc) is 2.13. The average molecular weight is 384 g/mol. The van der Waals surface area contributed by atoms with Crippen molar-refractivity contribution in [2.24, 2.45) is 0 Å². The molecule has 0 atom stereocenters. The highest BCUT2D eigenvalue weighted by molar-refractivity contribution is 14.1. The number of alkyl halides is 7. The second kappa shape index (κ2) is 4.57. The van der Waals surface area contributed by atoms with Crippen LogP contribution in [0.3, 0.4) is 0 Å². The van der Waals surface area contributed by atoms with Gasteiger partial charge >= 0.3 is 21.7 Å². The zero-order chi connectivity index (χ0) is 14.2. The topological polar surface area (TPSA) is 37.3 Å². The molecule has 0 saturated heterocycles. The summed E-state index contributed by atoms with van der Waals surface area (Å²) >= 11 is -0.303. The maximum Gasteiger partial charge on any atom is 0.396 e. The van der Waals surface area contributed by atoms with Gasteiger partial charge in [-0.2, -0.15) is 26.3 Å². The van der Waals surface area contributed by atoms with Crippen molar-refractivity contribution < 1.29 is 45.0 Å². The summed E-state index contributed by atoms with van der Waals surface area (Å²) in [5.41, 5.74) is 0. The van der Waals surface area contributed by atoms with Gasteiger partial charge in [-0.1, -0.05) is 0 Å². The van der Waals surface area contributed by atoms with Crippen molar-refractivity contribution in [1.29, 1.82) is 0 Å². The van der Waals surface area contributed by atoms with E-state index < -0.39 is 33.4 Å². The molecule has 2 nitrogen and oxygen atoms in total. The van der Waals surface area contributed by atoms with Crippen molar-refractivity contribution in [2.45, 2.75) is 15.8 Å². The van der Waals surface area contributed by atoms with Crippen LogP contribution in [0.25, 0.3) is 0 Å². The van der Waals surface area contributed by atoms with Gasteiger partial charge in [-0.05, 0) is 0 Å². The first-order chi connectivity index (χ1) is 7.26. The number of rotatable bonds is 4. The Hall–Kier alpha value is -0.620. The summed E-state index contributed by atoms with van der Waals surface area (Å²) in [6, 6.07) is 0. The molecule has 0 unspecified atom stereocenters. The molecule has 0 heterocycles. The van der Waals surface area contributed by atoms with Crippen LogP contribution in [0.4, 0.5) is 35.1 Å². The van der Waals surface area contributed by atoms with Gasteiger partial charge in [-0.15, -0.1) is 0 Å². The molecule has 1 N–H and O–H groups in total. The van der Waals surface area contributed by atoms with Crippen LogP contribution in [0, 0.1) is 0 Å². The highest BCUT2D eigenvalue weighted by Gasteiger charge is 2.62. The van der Waals surface area contributed by atoms with E-state index in [9.17, 15) is 39.9 Å². The molecule has 0 saturated carbocycles. The van der Waals surface area contributed by atoms with E-state index in [1.54, 1.807) is 0 Å². The van der Waals surface area contributed by atoms with Gasteiger partial charge in [0.2, 0.25) is 11.7 Å². The minimum atomic E-state index is -5.89. The van der Waals surface area contributed by atoms with Crippen molar-refractivity contribution >= 4 is 28.6 Å². The lowest BCUT2D eigenvalue weighted by molar-refractivity contribution is -0.164. The first-order valence-corrected chi connectivity index (χ1v) is 4.46. The molecule has 0 fully saturated rings. The van der Waals surface area contributed by atoms with E-state index in [2.05, 4.69) is 0 Å². The molecular weight excluding hydrogens is 383 g/mol. The van der Waals surface area contributed by atoms with E-state index in [4.69, 9.17) is 5.11 Å². The number of hydrogen-bond acceptors (Lipinski definition) is 1. The van der Waals surface area contributed by atoms with Gasteiger partial charge in [0.1, 0.15) is 0 Å². The monoisotopic (exact) mass is 384 g/mol. The van der Waals surface area contributed by atoms with E-state index >= 15 is 0 Å². The quantitative estimate of drug-likeness (QED) is 0.458. The van der Waals surface area contributed by atoms with Crippen LogP contribution >= 0.6 is 22.6 Å². The number of carboxylic acid groups (broad SMARTS) is 1. The van der Waals surface area contributed by atoms with Crippen LogP contribution < -0.4 is 0 Å². The SMILES string of the molecule is O=C(O)C(F)(F)C(F)=C(F)C(F)(F)C(F)(F)I. The first-order valence-electron chi connectivity index (χ1n) is 3.38. The third kappa shape index (κ3) is 2.98. The van der Waals surface area contributed by atoms with Crippen LogP contribution in [0.15, 0.2) is 11.7 Å². The zero-order valence-corrected chi connectivity index (χ0v) is 9.41. The van der Waals surface area contributed by atoms with Crippen molar-refractivity contribution in [1.82, 2.24) is 0 Å². The van der Waals surface area contributed by atoms with E-state index in [-0.39, 0.29) is 22.6 Å². The van der Waals surface area contributed by atoms with E-state index in [0.29, 0.717) is 0 Å². The number of allylic oxidation sites excluding steroid dienone is 1. The Balaban J connectivity index is 5.71. The fraction of sp³-hybridized carbons (Fsp3) is 0.500. The highest BCUT2D eigenvalue weighted by Crippen LogP contribution is 2.48. The summed E-state index contributed by atoms with van der Waals surface area (Å²) < 4.78 is 93.2. The molecule has 17 heavy (non-hydrogen) atoms. The summed E-state index contributed by atoms with van der Waals surface area (Å²) in [4.78, 5) is 9.72. The second-order valence-corrected chi connectivity index (χ2v) is 3.93. The predicted molar refractivity (Wildman–Crippen MR) is 45.7 cm³/mol. The molecule has 0 aliphatic heterocycles. The zero-order valence-electron chi connectivity index (χ0n) is 7.26. The van der Waals surface area contributed by atoms with Crippen LogP contribution in [0.1, 0.15) is 0 Å². The molecule has 100 valence electrons.